The van der Waals surface area contributed by atoms with Crippen LogP contribution in [0.1, 0.15) is 50.2 Å². The summed E-state index contributed by atoms with van der Waals surface area (Å²) in [6, 6.07) is 15.3. The van der Waals surface area contributed by atoms with Gasteiger partial charge in [0, 0.05) is 24.9 Å². The Balaban J connectivity index is 1.42. The second kappa shape index (κ2) is 9.65. The molecule has 0 radical (unpaired) electrons. The molecule has 1 saturated heterocycles. The van der Waals surface area contributed by atoms with Crippen LogP contribution in [0.5, 0.6) is 0 Å². The number of hydrogen-bond acceptors (Lipinski definition) is 4. The van der Waals surface area contributed by atoms with Crippen molar-refractivity contribution in [2.45, 2.75) is 51.1 Å². The third-order valence-corrected chi connectivity index (χ3v) is 6.70. The Bertz CT molecular complexity index is 1000. The maximum absolute atomic E-state index is 13.0. The molecule has 7 heteroatoms. The van der Waals surface area contributed by atoms with E-state index in [9.17, 15) is 14.4 Å². The van der Waals surface area contributed by atoms with Gasteiger partial charge in [0.05, 0.1) is 0 Å². The molecule has 0 bridgehead atoms. The monoisotopic (exact) mass is 450 g/mol. The number of ether oxygens (including phenoxy) is 1. The number of nitrogens with one attached hydrogen (secondary N) is 1. The number of carbonyl (C=O) groups excluding carboxylic acids is 2. The second-order valence-corrected chi connectivity index (χ2v) is 9.09. The average molecular weight is 451 g/mol. The van der Waals surface area contributed by atoms with E-state index < -0.39 is 18.1 Å². The number of nitrogens with zero attached hydrogens (tertiary/aromatic N) is 1. The molecule has 174 valence electrons. The summed E-state index contributed by atoms with van der Waals surface area (Å²) in [5.74, 6) is -1.03. The van der Waals surface area contributed by atoms with E-state index >= 15 is 0 Å². The van der Waals surface area contributed by atoms with E-state index in [-0.39, 0.29) is 37.3 Å². The zero-order valence-electron chi connectivity index (χ0n) is 19.0. The van der Waals surface area contributed by atoms with E-state index in [2.05, 4.69) is 31.3 Å². The van der Waals surface area contributed by atoms with Crippen molar-refractivity contribution in [1.82, 2.24) is 10.2 Å². The number of alkyl carbamates (subject to hydrolysis) is 1. The van der Waals surface area contributed by atoms with Gasteiger partial charge in [-0.25, -0.2) is 4.79 Å². The van der Waals surface area contributed by atoms with Crippen molar-refractivity contribution in [3.05, 3.63) is 59.7 Å². The van der Waals surface area contributed by atoms with E-state index in [1.807, 2.05) is 36.4 Å². The van der Waals surface area contributed by atoms with Gasteiger partial charge in [-0.3, -0.25) is 9.59 Å². The van der Waals surface area contributed by atoms with Crippen molar-refractivity contribution < 1.29 is 24.2 Å². The van der Waals surface area contributed by atoms with E-state index in [1.54, 1.807) is 4.90 Å². The first-order valence-corrected chi connectivity index (χ1v) is 11.5. The number of benzene rings is 2. The van der Waals surface area contributed by atoms with Gasteiger partial charge in [-0.1, -0.05) is 62.4 Å². The molecule has 1 aliphatic carbocycles. The fraction of sp³-hybridized carbons (Fsp3) is 0.423. The third-order valence-electron chi connectivity index (χ3n) is 6.70. The lowest BCUT2D eigenvalue weighted by atomic mass is 9.90. The maximum atomic E-state index is 13.0. The lowest BCUT2D eigenvalue weighted by Crippen LogP contribution is -2.59. The highest BCUT2D eigenvalue weighted by atomic mass is 16.5. The SMILES string of the molecule is CC(C)C1CCN1C(=O)C(CCC(=O)O)NC(=O)OCC1c2ccccc2-c2ccccc21. The van der Waals surface area contributed by atoms with Crippen LogP contribution in [0, 0.1) is 5.92 Å². The van der Waals surface area contributed by atoms with Crippen LogP contribution >= 0.6 is 0 Å². The minimum absolute atomic E-state index is 0.0275. The normalized spacial score (nSPS) is 17.7. The summed E-state index contributed by atoms with van der Waals surface area (Å²) in [5.41, 5.74) is 4.47. The van der Waals surface area contributed by atoms with Crippen molar-refractivity contribution in [3.63, 3.8) is 0 Å². The fourth-order valence-corrected chi connectivity index (χ4v) is 4.88. The molecule has 2 aromatic carbocycles. The van der Waals surface area contributed by atoms with E-state index in [1.165, 1.54) is 0 Å². The average Bonchev–Trinajstić information content (AvgIpc) is 3.07. The molecule has 1 aliphatic heterocycles. The Morgan fingerprint density at radius 2 is 1.67 bits per heavy atom. The standard InChI is InChI=1S/C26H30N2O5/c1-16(2)23-13-14-28(23)25(31)22(11-12-24(29)30)27-26(32)33-15-21-19-9-5-3-7-17(19)18-8-4-6-10-20(18)21/h3-10,16,21-23H,11-15H2,1-2H3,(H,27,32)(H,29,30). The molecule has 0 spiro atoms. The summed E-state index contributed by atoms with van der Waals surface area (Å²) in [6.45, 7) is 4.86. The van der Waals surface area contributed by atoms with Crippen LogP contribution in [-0.2, 0) is 14.3 Å². The van der Waals surface area contributed by atoms with Gasteiger partial charge < -0.3 is 20.1 Å². The van der Waals surface area contributed by atoms with Crippen molar-refractivity contribution in [2.24, 2.45) is 5.92 Å². The number of fused-ring (bicyclic) bond motifs is 3. The highest BCUT2D eigenvalue weighted by Crippen LogP contribution is 2.44. The Kier molecular flexibility index (Phi) is 6.67. The van der Waals surface area contributed by atoms with E-state index in [4.69, 9.17) is 9.84 Å². The molecule has 7 nitrogen and oxygen atoms in total. The van der Waals surface area contributed by atoms with Crippen LogP contribution in [0.4, 0.5) is 4.79 Å². The predicted octanol–water partition coefficient (Wildman–Crippen LogP) is 4.02. The molecular formula is C26H30N2O5. The fourth-order valence-electron chi connectivity index (χ4n) is 4.88. The van der Waals surface area contributed by atoms with Crippen LogP contribution in [0.3, 0.4) is 0 Å². The van der Waals surface area contributed by atoms with Crippen LogP contribution in [0.25, 0.3) is 11.1 Å². The first kappa shape index (κ1) is 22.8. The quantitative estimate of drug-likeness (QED) is 0.633. The van der Waals surface area contributed by atoms with Gasteiger partial charge in [0.1, 0.15) is 12.6 Å². The molecule has 33 heavy (non-hydrogen) atoms. The van der Waals surface area contributed by atoms with Gasteiger partial charge >= 0.3 is 12.1 Å². The van der Waals surface area contributed by atoms with Crippen molar-refractivity contribution in [3.8, 4) is 11.1 Å². The summed E-state index contributed by atoms with van der Waals surface area (Å²) >= 11 is 0. The minimum Gasteiger partial charge on any atom is -0.481 e. The van der Waals surface area contributed by atoms with Gasteiger partial charge in [-0.15, -0.1) is 0 Å². The molecule has 2 aromatic rings. The summed E-state index contributed by atoms with van der Waals surface area (Å²) in [5, 5.41) is 11.7. The lowest BCUT2D eigenvalue weighted by molar-refractivity contribution is -0.143. The topological polar surface area (TPSA) is 95.9 Å². The number of carboxylic acids is 1. The first-order valence-electron chi connectivity index (χ1n) is 11.5. The Hall–Kier alpha value is -3.35. The van der Waals surface area contributed by atoms with Crippen LogP contribution < -0.4 is 5.32 Å². The third kappa shape index (κ3) is 4.72. The molecule has 2 N–H and O–H groups in total. The van der Waals surface area contributed by atoms with Crippen LogP contribution in [0.15, 0.2) is 48.5 Å². The number of aliphatic carboxylic acids is 1. The molecule has 2 unspecified atom stereocenters. The summed E-state index contributed by atoms with van der Waals surface area (Å²) in [4.78, 5) is 38.6. The summed E-state index contributed by atoms with van der Waals surface area (Å²) in [7, 11) is 0. The molecule has 2 atom stereocenters. The molecule has 2 amide bonds. The zero-order chi connectivity index (χ0) is 23.5. The first-order chi connectivity index (χ1) is 15.9. The van der Waals surface area contributed by atoms with Gasteiger partial charge in [-0.2, -0.15) is 0 Å². The van der Waals surface area contributed by atoms with Gasteiger partial charge in [0.2, 0.25) is 5.91 Å². The number of rotatable bonds is 8. The molecule has 1 fully saturated rings. The van der Waals surface area contributed by atoms with Crippen molar-refractivity contribution >= 4 is 18.0 Å². The summed E-state index contributed by atoms with van der Waals surface area (Å²) < 4.78 is 5.56. The zero-order valence-corrected chi connectivity index (χ0v) is 19.0. The van der Waals surface area contributed by atoms with Crippen LogP contribution in [-0.4, -0.2) is 53.2 Å². The van der Waals surface area contributed by atoms with Gasteiger partial charge in [0.25, 0.3) is 0 Å². The number of hydrogen-bond donors (Lipinski definition) is 2. The molecule has 0 saturated carbocycles. The number of likely N-dealkylation sites (tertiary alicyclic amines) is 1. The number of amides is 2. The molecular weight excluding hydrogens is 420 g/mol. The number of carboxylic acid groups (broad SMARTS) is 1. The molecule has 0 aromatic heterocycles. The maximum Gasteiger partial charge on any atom is 0.407 e. The van der Waals surface area contributed by atoms with Gasteiger partial charge in [-0.05, 0) is 41.0 Å². The van der Waals surface area contributed by atoms with Gasteiger partial charge in [0.15, 0.2) is 0 Å². The number of carbonyl (C=O) groups is 3. The van der Waals surface area contributed by atoms with E-state index in [0.29, 0.717) is 12.5 Å². The molecule has 1 heterocycles. The summed E-state index contributed by atoms with van der Waals surface area (Å²) in [6.07, 6.45) is 0.0298. The molecule has 4 rings (SSSR count). The Morgan fingerprint density at radius 3 is 2.18 bits per heavy atom. The second-order valence-electron chi connectivity index (χ2n) is 9.09. The predicted molar refractivity (Wildman–Crippen MR) is 124 cm³/mol. The highest BCUT2D eigenvalue weighted by molar-refractivity contribution is 5.87. The largest absolute Gasteiger partial charge is 0.481 e. The lowest BCUT2D eigenvalue weighted by Gasteiger charge is -2.45. The minimum atomic E-state index is -1.01. The smallest absolute Gasteiger partial charge is 0.407 e. The van der Waals surface area contributed by atoms with Crippen molar-refractivity contribution in [1.29, 1.82) is 0 Å². The Labute approximate surface area is 193 Å². The van der Waals surface area contributed by atoms with Crippen LogP contribution in [0.2, 0.25) is 0 Å². The molecule has 2 aliphatic rings. The Morgan fingerprint density at radius 1 is 1.06 bits per heavy atom. The highest BCUT2D eigenvalue weighted by Gasteiger charge is 2.38. The van der Waals surface area contributed by atoms with Crippen molar-refractivity contribution in [2.75, 3.05) is 13.2 Å². The van der Waals surface area contributed by atoms with E-state index in [0.717, 1.165) is 28.7 Å².